The summed E-state index contributed by atoms with van der Waals surface area (Å²) in [5.41, 5.74) is 1.13. The summed E-state index contributed by atoms with van der Waals surface area (Å²) in [6.45, 7) is 1.02. The molecule has 1 nitrogen and oxygen atoms in total. The first-order valence-electron chi connectivity index (χ1n) is 5.54. The Morgan fingerprint density at radius 3 is 2.88 bits per heavy atom. The van der Waals surface area contributed by atoms with E-state index in [2.05, 4.69) is 5.32 Å². The third-order valence-electron chi connectivity index (χ3n) is 2.80. The zero-order chi connectivity index (χ0) is 11.4. The molecule has 0 saturated carbocycles. The van der Waals surface area contributed by atoms with Crippen molar-refractivity contribution in [2.45, 2.75) is 36.0 Å². The molecule has 1 heterocycles. The summed E-state index contributed by atoms with van der Waals surface area (Å²) in [5.74, 6) is -2.34. The number of rotatable bonds is 3. The minimum atomic E-state index is -2.34. The van der Waals surface area contributed by atoms with E-state index in [1.807, 2.05) is 18.2 Å². The van der Waals surface area contributed by atoms with Crippen LogP contribution in [0.15, 0.2) is 29.2 Å². The van der Waals surface area contributed by atoms with E-state index in [9.17, 15) is 8.78 Å². The molecule has 1 atom stereocenters. The Balaban J connectivity index is 2.08. The van der Waals surface area contributed by atoms with Crippen LogP contribution >= 0.6 is 11.8 Å². The van der Waals surface area contributed by atoms with E-state index in [1.165, 1.54) is 12.8 Å². The highest BCUT2D eigenvalue weighted by molar-refractivity contribution is 7.99. The molecule has 1 aliphatic rings. The molecule has 1 aromatic carbocycles. The largest absolute Gasteiger partial charge is 0.310 e. The lowest BCUT2D eigenvalue weighted by molar-refractivity contribution is 0.252. The first kappa shape index (κ1) is 11.9. The molecule has 1 aliphatic heterocycles. The molecule has 88 valence electrons. The minimum Gasteiger partial charge on any atom is -0.310 e. The second-order valence-electron chi connectivity index (χ2n) is 3.95. The van der Waals surface area contributed by atoms with E-state index < -0.39 is 5.76 Å². The number of thioether (sulfide) groups is 1. The lowest BCUT2D eigenvalue weighted by Gasteiger charge is -2.24. The van der Waals surface area contributed by atoms with Crippen LogP contribution in [-0.2, 0) is 0 Å². The predicted molar refractivity (Wildman–Crippen MR) is 62.9 cm³/mol. The number of benzene rings is 1. The molecule has 1 saturated heterocycles. The third-order valence-corrected chi connectivity index (χ3v) is 3.50. The van der Waals surface area contributed by atoms with Gasteiger partial charge >= 0.3 is 0 Å². The summed E-state index contributed by atoms with van der Waals surface area (Å²) in [6.07, 6.45) is 3.52. The molecule has 0 amide bonds. The number of halogens is 2. The highest BCUT2D eigenvalue weighted by Gasteiger charge is 2.15. The van der Waals surface area contributed by atoms with E-state index in [0.717, 1.165) is 18.5 Å². The first-order chi connectivity index (χ1) is 7.75. The van der Waals surface area contributed by atoms with Crippen molar-refractivity contribution in [3.05, 3.63) is 29.8 Å². The van der Waals surface area contributed by atoms with Gasteiger partial charge in [0.05, 0.1) is 0 Å². The normalized spacial score (nSPS) is 21.3. The Hall–Kier alpha value is -0.610. The highest BCUT2D eigenvalue weighted by Crippen LogP contribution is 2.29. The zero-order valence-corrected chi connectivity index (χ0v) is 9.77. The van der Waals surface area contributed by atoms with Crippen LogP contribution in [0.1, 0.15) is 30.9 Å². The van der Waals surface area contributed by atoms with Crippen molar-refractivity contribution >= 4 is 11.8 Å². The second-order valence-corrected chi connectivity index (χ2v) is 5.02. The van der Waals surface area contributed by atoms with E-state index in [-0.39, 0.29) is 0 Å². The monoisotopic (exact) mass is 243 g/mol. The van der Waals surface area contributed by atoms with Gasteiger partial charge in [0.15, 0.2) is 0 Å². The summed E-state index contributed by atoms with van der Waals surface area (Å²) < 4.78 is 24.5. The maximum Gasteiger partial charge on any atom is 0.288 e. The molecular formula is C12H15F2NS. The predicted octanol–water partition coefficient (Wildman–Crippen LogP) is 3.82. The van der Waals surface area contributed by atoms with Gasteiger partial charge in [-0.2, -0.15) is 8.78 Å². The molecule has 1 N–H and O–H groups in total. The van der Waals surface area contributed by atoms with Crippen LogP contribution in [0.5, 0.6) is 0 Å². The van der Waals surface area contributed by atoms with Gasteiger partial charge in [-0.15, -0.1) is 0 Å². The van der Waals surface area contributed by atoms with Crippen molar-refractivity contribution in [3.8, 4) is 0 Å². The fourth-order valence-electron chi connectivity index (χ4n) is 2.04. The molecule has 1 fully saturated rings. The zero-order valence-electron chi connectivity index (χ0n) is 8.96. The van der Waals surface area contributed by atoms with E-state index in [0.29, 0.717) is 22.7 Å². The van der Waals surface area contributed by atoms with Crippen LogP contribution in [0.3, 0.4) is 0 Å². The Kier molecular flexibility index (Phi) is 4.18. The maximum absolute atomic E-state index is 12.2. The summed E-state index contributed by atoms with van der Waals surface area (Å²) in [4.78, 5) is 0.653. The van der Waals surface area contributed by atoms with Gasteiger partial charge in [-0.05, 0) is 37.1 Å². The summed E-state index contributed by atoms with van der Waals surface area (Å²) in [5, 5.41) is 3.42. The number of nitrogens with one attached hydrogen (secondary N) is 1. The van der Waals surface area contributed by atoms with Gasteiger partial charge in [-0.1, -0.05) is 30.3 Å². The molecule has 4 heteroatoms. The van der Waals surface area contributed by atoms with Gasteiger partial charge in [0, 0.05) is 10.9 Å². The fraction of sp³-hybridized carbons (Fsp3) is 0.500. The van der Waals surface area contributed by atoms with E-state index in [4.69, 9.17) is 0 Å². The van der Waals surface area contributed by atoms with E-state index in [1.54, 1.807) is 6.07 Å². The number of piperidine rings is 1. The van der Waals surface area contributed by atoms with Crippen molar-refractivity contribution in [3.63, 3.8) is 0 Å². The second kappa shape index (κ2) is 5.64. The van der Waals surface area contributed by atoms with Crippen molar-refractivity contribution in [1.29, 1.82) is 0 Å². The Morgan fingerprint density at radius 2 is 2.19 bits per heavy atom. The molecule has 0 bridgehead atoms. The lowest BCUT2D eigenvalue weighted by Crippen LogP contribution is -2.26. The Bertz CT molecular complexity index is 338. The molecule has 0 radical (unpaired) electrons. The fourth-order valence-corrected chi connectivity index (χ4v) is 2.61. The first-order valence-corrected chi connectivity index (χ1v) is 6.42. The van der Waals surface area contributed by atoms with Gasteiger partial charge in [0.25, 0.3) is 5.76 Å². The van der Waals surface area contributed by atoms with Gasteiger partial charge in [0.2, 0.25) is 0 Å². The molecule has 1 aromatic rings. The number of hydrogen-bond acceptors (Lipinski definition) is 2. The van der Waals surface area contributed by atoms with Crippen LogP contribution in [0.2, 0.25) is 0 Å². The molecule has 0 aliphatic carbocycles. The number of alkyl halides is 2. The van der Waals surface area contributed by atoms with Crippen molar-refractivity contribution in [2.75, 3.05) is 6.54 Å². The van der Waals surface area contributed by atoms with Crippen LogP contribution in [0.25, 0.3) is 0 Å². The SMILES string of the molecule is FC(F)Sc1cccc(C2CCCCN2)c1. The molecular weight excluding hydrogens is 228 g/mol. The average molecular weight is 243 g/mol. The van der Waals surface area contributed by atoms with Crippen LogP contribution in [0.4, 0.5) is 8.78 Å². The smallest absolute Gasteiger partial charge is 0.288 e. The Morgan fingerprint density at radius 1 is 1.31 bits per heavy atom. The average Bonchev–Trinajstić information content (AvgIpc) is 2.30. The van der Waals surface area contributed by atoms with Gasteiger partial charge in [-0.25, -0.2) is 0 Å². The lowest BCUT2D eigenvalue weighted by atomic mass is 9.98. The topological polar surface area (TPSA) is 12.0 Å². The maximum atomic E-state index is 12.2. The summed E-state index contributed by atoms with van der Waals surface area (Å²) >= 11 is 0.615. The molecule has 0 spiro atoms. The third kappa shape index (κ3) is 3.19. The van der Waals surface area contributed by atoms with Gasteiger partial charge in [-0.3, -0.25) is 0 Å². The quantitative estimate of drug-likeness (QED) is 0.810. The molecule has 0 aromatic heterocycles. The molecule has 1 unspecified atom stereocenters. The minimum absolute atomic E-state index is 0.340. The van der Waals surface area contributed by atoms with Crippen molar-refractivity contribution in [1.82, 2.24) is 5.32 Å². The summed E-state index contributed by atoms with van der Waals surface area (Å²) in [7, 11) is 0. The van der Waals surface area contributed by atoms with Crippen LogP contribution < -0.4 is 5.32 Å². The number of hydrogen-bond donors (Lipinski definition) is 1. The van der Waals surface area contributed by atoms with Gasteiger partial charge < -0.3 is 5.32 Å². The standard InChI is InChI=1S/C12H15F2NS/c13-12(14)16-10-5-3-4-9(8-10)11-6-1-2-7-15-11/h3-5,8,11-12,15H,1-2,6-7H2. The summed E-state index contributed by atoms with van der Waals surface area (Å²) in [6, 6.07) is 7.82. The molecule has 2 rings (SSSR count). The van der Waals surface area contributed by atoms with Crippen LogP contribution in [-0.4, -0.2) is 12.3 Å². The van der Waals surface area contributed by atoms with Crippen molar-refractivity contribution in [2.24, 2.45) is 0 Å². The van der Waals surface area contributed by atoms with Crippen LogP contribution in [0, 0.1) is 0 Å². The molecule has 16 heavy (non-hydrogen) atoms. The van der Waals surface area contributed by atoms with E-state index >= 15 is 0 Å². The Labute approximate surface area is 98.6 Å². The van der Waals surface area contributed by atoms with Crippen molar-refractivity contribution < 1.29 is 8.78 Å². The highest BCUT2D eigenvalue weighted by atomic mass is 32.2. The van der Waals surface area contributed by atoms with Gasteiger partial charge in [0.1, 0.15) is 0 Å².